The van der Waals surface area contributed by atoms with Crippen LogP contribution in [0, 0.1) is 17.3 Å². The van der Waals surface area contributed by atoms with Crippen LogP contribution in [0.25, 0.3) is 0 Å². The van der Waals surface area contributed by atoms with Gasteiger partial charge in [-0.25, -0.2) is 0 Å². The van der Waals surface area contributed by atoms with Crippen LogP contribution in [-0.2, 0) is 28.6 Å². The molecule has 8 heteroatoms. The molecule has 4 atom stereocenters. The second-order valence-electron chi connectivity index (χ2n) is 6.14. The van der Waals surface area contributed by atoms with Crippen LogP contribution < -0.4 is 0 Å². The fraction of sp³-hybridized carbons (Fsp3) is 1.00. The first-order valence-electron chi connectivity index (χ1n) is 6.18. The van der Waals surface area contributed by atoms with E-state index < -0.39 is 32.4 Å². The van der Waals surface area contributed by atoms with E-state index in [2.05, 4.69) is 0 Å². The molecule has 2 aliphatic carbocycles. The molecule has 2 bridgehead atoms. The highest BCUT2D eigenvalue weighted by molar-refractivity contribution is 7.86. The maximum absolute atomic E-state index is 11.4. The molecule has 2 aliphatic rings. The van der Waals surface area contributed by atoms with Crippen LogP contribution in [0.2, 0.25) is 0 Å². The average Bonchev–Trinajstić information content (AvgIpc) is 2.51. The van der Waals surface area contributed by atoms with E-state index in [1.54, 1.807) is 0 Å². The minimum Gasteiger partial charge on any atom is -0.264 e. The molecule has 0 unspecified atom stereocenters. The number of rotatable bonds is 4. The Balaban J connectivity index is 2.33. The molecule has 0 radical (unpaired) electrons. The highest BCUT2D eigenvalue weighted by Gasteiger charge is 2.62. The molecule has 0 saturated heterocycles. The smallest absolute Gasteiger partial charge is 0.264 e. The molecule has 2 fully saturated rings. The summed E-state index contributed by atoms with van der Waals surface area (Å²) in [6.07, 6.45) is 2.20. The summed E-state index contributed by atoms with van der Waals surface area (Å²) in [6, 6.07) is 0. The minimum absolute atomic E-state index is 0.000949. The van der Waals surface area contributed by atoms with Crippen molar-refractivity contribution < 1.29 is 25.2 Å². The van der Waals surface area contributed by atoms with Crippen molar-refractivity contribution >= 4 is 20.2 Å². The van der Waals surface area contributed by atoms with Gasteiger partial charge in [-0.05, 0) is 30.1 Å². The molecule has 2 saturated carbocycles. The Morgan fingerprint density at radius 1 is 0.842 bits per heavy atom. The van der Waals surface area contributed by atoms with Gasteiger partial charge in [0.2, 0.25) is 0 Å². The molecule has 0 aromatic heterocycles. The third kappa shape index (κ3) is 2.96. The van der Waals surface area contributed by atoms with Crippen molar-refractivity contribution in [2.24, 2.45) is 17.3 Å². The van der Waals surface area contributed by atoms with E-state index in [9.17, 15) is 16.8 Å². The quantitative estimate of drug-likeness (QED) is 0.712. The first-order chi connectivity index (χ1) is 8.42. The lowest BCUT2D eigenvalue weighted by Crippen LogP contribution is -2.39. The average molecular weight is 312 g/mol. The van der Waals surface area contributed by atoms with Gasteiger partial charge in [-0.15, -0.1) is 0 Å². The van der Waals surface area contributed by atoms with Gasteiger partial charge in [0.25, 0.3) is 20.2 Å². The topological polar surface area (TPSA) is 86.7 Å². The van der Waals surface area contributed by atoms with E-state index in [0.717, 1.165) is 25.4 Å². The van der Waals surface area contributed by atoms with Gasteiger partial charge in [-0.1, -0.05) is 13.8 Å². The van der Waals surface area contributed by atoms with Gasteiger partial charge in [0, 0.05) is 0 Å². The van der Waals surface area contributed by atoms with E-state index in [0.29, 0.717) is 0 Å². The number of hydrogen-bond donors (Lipinski definition) is 0. The predicted molar refractivity (Wildman–Crippen MR) is 69.4 cm³/mol. The normalized spacial score (nSPS) is 37.7. The van der Waals surface area contributed by atoms with Crippen LogP contribution in [0.1, 0.15) is 26.7 Å². The van der Waals surface area contributed by atoms with Crippen LogP contribution in [0.5, 0.6) is 0 Å². The van der Waals surface area contributed by atoms with E-state index in [1.807, 2.05) is 13.8 Å². The SMILES string of the molecule is CC1(C)[C@@H]2CC[C@H]1[C@H](OS(C)(=O)=O)[C@@H]2OS(C)(=O)=O. The van der Waals surface area contributed by atoms with E-state index in [1.165, 1.54) is 0 Å². The summed E-state index contributed by atoms with van der Waals surface area (Å²) in [5, 5.41) is 0. The van der Waals surface area contributed by atoms with Gasteiger partial charge < -0.3 is 0 Å². The molecule has 0 spiro atoms. The highest BCUT2D eigenvalue weighted by Crippen LogP contribution is 2.59. The Bertz CT molecular complexity index is 512. The number of fused-ring (bicyclic) bond motifs is 2. The fourth-order valence-corrected chi connectivity index (χ4v) is 4.95. The largest absolute Gasteiger partial charge is 0.264 e. The lowest BCUT2D eigenvalue weighted by Gasteiger charge is -2.28. The molecule has 2 rings (SSSR count). The Hall–Kier alpha value is -0.180. The molecular weight excluding hydrogens is 292 g/mol. The predicted octanol–water partition coefficient (Wildman–Crippen LogP) is 0.742. The van der Waals surface area contributed by atoms with E-state index >= 15 is 0 Å². The van der Waals surface area contributed by atoms with Gasteiger partial charge in [0.15, 0.2) is 0 Å². The molecular formula is C11H20O6S2. The van der Waals surface area contributed by atoms with Crippen molar-refractivity contribution in [1.82, 2.24) is 0 Å². The lowest BCUT2D eigenvalue weighted by atomic mass is 9.82. The summed E-state index contributed by atoms with van der Waals surface area (Å²) < 4.78 is 55.7. The van der Waals surface area contributed by atoms with Crippen LogP contribution in [-0.4, -0.2) is 41.6 Å². The zero-order valence-corrected chi connectivity index (χ0v) is 13.1. The minimum atomic E-state index is -3.64. The maximum atomic E-state index is 11.4. The van der Waals surface area contributed by atoms with Gasteiger partial charge in [0.1, 0.15) is 12.2 Å². The third-order valence-electron chi connectivity index (χ3n) is 4.39. The Morgan fingerprint density at radius 2 is 1.16 bits per heavy atom. The fourth-order valence-electron chi connectivity index (χ4n) is 3.66. The van der Waals surface area contributed by atoms with Crippen molar-refractivity contribution in [2.45, 2.75) is 38.9 Å². The Morgan fingerprint density at radius 3 is 1.42 bits per heavy atom. The molecule has 0 amide bonds. The summed E-state index contributed by atoms with van der Waals surface area (Å²) in [6.45, 7) is 4.03. The van der Waals surface area contributed by atoms with Crippen molar-refractivity contribution in [2.75, 3.05) is 12.5 Å². The summed E-state index contributed by atoms with van der Waals surface area (Å²) in [4.78, 5) is 0. The van der Waals surface area contributed by atoms with Crippen LogP contribution in [0.3, 0.4) is 0 Å². The lowest BCUT2D eigenvalue weighted by molar-refractivity contribution is 0.0245. The summed E-state index contributed by atoms with van der Waals surface area (Å²) in [7, 11) is -7.29. The Labute approximate surface area is 114 Å². The molecule has 0 aromatic rings. The molecule has 19 heavy (non-hydrogen) atoms. The van der Waals surface area contributed by atoms with Crippen molar-refractivity contribution in [1.29, 1.82) is 0 Å². The van der Waals surface area contributed by atoms with Crippen LogP contribution >= 0.6 is 0 Å². The number of hydrogen-bond acceptors (Lipinski definition) is 6. The van der Waals surface area contributed by atoms with E-state index in [4.69, 9.17) is 8.37 Å². The first-order valence-corrected chi connectivity index (χ1v) is 9.81. The molecule has 0 aliphatic heterocycles. The van der Waals surface area contributed by atoms with Gasteiger partial charge >= 0.3 is 0 Å². The summed E-state index contributed by atoms with van der Waals surface area (Å²) in [5.41, 5.74) is -0.176. The summed E-state index contributed by atoms with van der Waals surface area (Å²) >= 11 is 0. The van der Waals surface area contributed by atoms with Crippen molar-refractivity contribution in [3.05, 3.63) is 0 Å². The van der Waals surface area contributed by atoms with Crippen LogP contribution in [0.15, 0.2) is 0 Å². The molecule has 112 valence electrons. The highest BCUT2D eigenvalue weighted by atomic mass is 32.2. The zero-order chi connectivity index (χ0) is 14.6. The van der Waals surface area contributed by atoms with E-state index in [-0.39, 0.29) is 17.3 Å². The van der Waals surface area contributed by atoms with Gasteiger partial charge in [-0.3, -0.25) is 8.37 Å². The molecule has 0 heterocycles. The van der Waals surface area contributed by atoms with Crippen molar-refractivity contribution in [3.8, 4) is 0 Å². The summed E-state index contributed by atoms with van der Waals surface area (Å²) in [5.74, 6) is -0.00190. The van der Waals surface area contributed by atoms with Crippen LogP contribution in [0.4, 0.5) is 0 Å². The van der Waals surface area contributed by atoms with Gasteiger partial charge in [0.05, 0.1) is 12.5 Å². The zero-order valence-electron chi connectivity index (χ0n) is 11.5. The first kappa shape index (κ1) is 15.2. The maximum Gasteiger partial charge on any atom is 0.264 e. The molecule has 6 nitrogen and oxygen atoms in total. The molecule has 0 N–H and O–H groups in total. The van der Waals surface area contributed by atoms with Gasteiger partial charge in [-0.2, -0.15) is 16.8 Å². The van der Waals surface area contributed by atoms with Crippen molar-refractivity contribution in [3.63, 3.8) is 0 Å². The Kier molecular flexibility index (Phi) is 3.53. The second kappa shape index (κ2) is 4.41. The standard InChI is InChI=1S/C11H20O6S2/c1-11(2)7-5-6-8(11)10(17-19(4,14)15)9(7)16-18(3,12)13/h7-10H,5-6H2,1-4H3/t7-,8+,9-,10+. The monoisotopic (exact) mass is 312 g/mol. The second-order valence-corrected chi connectivity index (χ2v) is 9.34. The third-order valence-corrected chi connectivity index (χ3v) is 5.53. The molecule has 0 aromatic carbocycles.